The molecule has 2 N–H and O–H groups in total. The van der Waals surface area contributed by atoms with Crippen molar-refractivity contribution in [3.8, 4) is 0 Å². The maximum Gasteiger partial charge on any atom is 0.225 e. The Labute approximate surface area is 91.5 Å². The van der Waals surface area contributed by atoms with Gasteiger partial charge in [0.1, 0.15) is 0 Å². The molecule has 1 aromatic rings. The summed E-state index contributed by atoms with van der Waals surface area (Å²) in [5.74, 6) is 0.790. The molecule has 15 heavy (non-hydrogen) atoms. The van der Waals surface area contributed by atoms with Gasteiger partial charge in [0.05, 0.1) is 0 Å². The van der Waals surface area contributed by atoms with Gasteiger partial charge in [-0.3, -0.25) is 0 Å². The molecule has 0 unspecified atom stereocenters. The highest BCUT2D eigenvalue weighted by atomic mass is 15.2. The minimum atomic E-state index is 0.505. The van der Waals surface area contributed by atoms with E-state index in [1.165, 1.54) is 6.42 Å². The van der Waals surface area contributed by atoms with Crippen molar-refractivity contribution in [3.05, 3.63) is 17.5 Å². The second-order valence-corrected chi connectivity index (χ2v) is 3.76. The van der Waals surface area contributed by atoms with E-state index in [0.717, 1.165) is 30.2 Å². The zero-order valence-electron chi connectivity index (χ0n) is 9.82. The van der Waals surface area contributed by atoms with E-state index < -0.39 is 0 Å². The monoisotopic (exact) mass is 208 g/mol. The first-order chi connectivity index (χ1) is 7.19. The van der Waals surface area contributed by atoms with E-state index in [0.29, 0.717) is 6.54 Å². The fourth-order valence-electron chi connectivity index (χ4n) is 1.36. The largest absolute Gasteiger partial charge is 0.344 e. The Bertz CT molecular complexity index is 311. The predicted molar refractivity (Wildman–Crippen MR) is 62.8 cm³/mol. The molecule has 1 aromatic heterocycles. The van der Waals surface area contributed by atoms with Crippen molar-refractivity contribution >= 4 is 5.95 Å². The summed E-state index contributed by atoms with van der Waals surface area (Å²) in [5, 5.41) is 0. The first-order valence-corrected chi connectivity index (χ1v) is 5.42. The van der Waals surface area contributed by atoms with Crippen molar-refractivity contribution < 1.29 is 0 Å². The Kier molecular flexibility index (Phi) is 4.49. The van der Waals surface area contributed by atoms with E-state index in [9.17, 15) is 0 Å². The van der Waals surface area contributed by atoms with Crippen LogP contribution < -0.4 is 10.6 Å². The van der Waals surface area contributed by atoms with Gasteiger partial charge in [-0.2, -0.15) is 0 Å². The van der Waals surface area contributed by atoms with Crippen LogP contribution in [0, 0.1) is 6.92 Å². The Morgan fingerprint density at radius 1 is 1.47 bits per heavy atom. The molecule has 0 bridgehead atoms. The number of hydrogen-bond acceptors (Lipinski definition) is 4. The fraction of sp³-hybridized carbons (Fsp3) is 0.636. The highest BCUT2D eigenvalue weighted by Crippen LogP contribution is 2.09. The predicted octanol–water partition coefficient (Wildman–Crippen LogP) is 1.48. The molecule has 0 radical (unpaired) electrons. The minimum Gasteiger partial charge on any atom is -0.344 e. The van der Waals surface area contributed by atoms with Crippen LogP contribution in [0.2, 0.25) is 0 Å². The van der Waals surface area contributed by atoms with E-state index >= 15 is 0 Å². The summed E-state index contributed by atoms with van der Waals surface area (Å²) < 4.78 is 0. The van der Waals surface area contributed by atoms with Gasteiger partial charge >= 0.3 is 0 Å². The molecule has 0 aromatic carbocycles. The molecule has 1 heterocycles. The molecular formula is C11H20N4. The molecule has 0 aliphatic carbocycles. The number of unbranched alkanes of at least 4 members (excludes halogenated alkanes) is 1. The molecule has 0 saturated carbocycles. The molecule has 4 nitrogen and oxygen atoms in total. The summed E-state index contributed by atoms with van der Waals surface area (Å²) >= 11 is 0. The van der Waals surface area contributed by atoms with Crippen molar-refractivity contribution in [2.75, 3.05) is 18.5 Å². The van der Waals surface area contributed by atoms with Crippen LogP contribution in [0.15, 0.2) is 6.20 Å². The average molecular weight is 208 g/mol. The standard InChI is InChI=1S/C11H20N4/c1-4-5-6-15(3)11-13-8-10(7-12)9(2)14-11/h8H,4-7,12H2,1-3H3. The van der Waals surface area contributed by atoms with Gasteiger partial charge in [0, 0.05) is 37.6 Å². The molecule has 84 valence electrons. The maximum absolute atomic E-state index is 5.56. The van der Waals surface area contributed by atoms with Gasteiger partial charge in [0.15, 0.2) is 0 Å². The van der Waals surface area contributed by atoms with Gasteiger partial charge < -0.3 is 10.6 Å². The van der Waals surface area contributed by atoms with Crippen molar-refractivity contribution in [1.82, 2.24) is 9.97 Å². The number of anilines is 1. The van der Waals surface area contributed by atoms with Gasteiger partial charge in [-0.05, 0) is 13.3 Å². The SMILES string of the molecule is CCCCN(C)c1ncc(CN)c(C)n1. The molecule has 0 aliphatic rings. The van der Waals surface area contributed by atoms with Crippen molar-refractivity contribution in [2.45, 2.75) is 33.2 Å². The van der Waals surface area contributed by atoms with Crippen LogP contribution in [0.4, 0.5) is 5.95 Å². The van der Waals surface area contributed by atoms with Gasteiger partial charge in [0.25, 0.3) is 0 Å². The Morgan fingerprint density at radius 2 is 2.20 bits per heavy atom. The first-order valence-electron chi connectivity index (χ1n) is 5.42. The van der Waals surface area contributed by atoms with Gasteiger partial charge in [-0.1, -0.05) is 13.3 Å². The number of aromatic nitrogens is 2. The van der Waals surface area contributed by atoms with Crippen LogP contribution in [0.1, 0.15) is 31.0 Å². The van der Waals surface area contributed by atoms with Crippen molar-refractivity contribution in [1.29, 1.82) is 0 Å². The summed E-state index contributed by atoms with van der Waals surface area (Å²) in [6, 6.07) is 0. The lowest BCUT2D eigenvalue weighted by molar-refractivity contribution is 0.746. The molecule has 0 amide bonds. The van der Waals surface area contributed by atoms with Crippen LogP contribution in [-0.2, 0) is 6.54 Å². The highest BCUT2D eigenvalue weighted by molar-refractivity contribution is 5.31. The van der Waals surface area contributed by atoms with E-state index in [1.54, 1.807) is 0 Å². The van der Waals surface area contributed by atoms with Gasteiger partial charge in [-0.15, -0.1) is 0 Å². The van der Waals surface area contributed by atoms with Crippen LogP contribution in [0.25, 0.3) is 0 Å². The lowest BCUT2D eigenvalue weighted by Crippen LogP contribution is -2.21. The van der Waals surface area contributed by atoms with Crippen molar-refractivity contribution in [2.24, 2.45) is 5.73 Å². The highest BCUT2D eigenvalue weighted by Gasteiger charge is 2.05. The number of rotatable bonds is 5. The van der Waals surface area contributed by atoms with E-state index in [4.69, 9.17) is 5.73 Å². The maximum atomic E-state index is 5.56. The molecule has 0 fully saturated rings. The van der Waals surface area contributed by atoms with E-state index in [-0.39, 0.29) is 0 Å². The molecule has 0 spiro atoms. The molecular weight excluding hydrogens is 188 g/mol. The Balaban J connectivity index is 2.73. The third-order valence-electron chi connectivity index (χ3n) is 2.48. The average Bonchev–Trinajstić information content (AvgIpc) is 2.25. The van der Waals surface area contributed by atoms with E-state index in [1.807, 2.05) is 20.2 Å². The molecule has 4 heteroatoms. The molecule has 0 atom stereocenters. The second-order valence-electron chi connectivity index (χ2n) is 3.76. The summed E-state index contributed by atoms with van der Waals surface area (Å²) in [6.45, 7) is 5.65. The quantitative estimate of drug-likeness (QED) is 0.796. The zero-order valence-corrected chi connectivity index (χ0v) is 9.82. The topological polar surface area (TPSA) is 55.0 Å². The summed E-state index contributed by atoms with van der Waals surface area (Å²) in [5.41, 5.74) is 7.56. The van der Waals surface area contributed by atoms with Crippen LogP contribution >= 0.6 is 0 Å². The number of aryl methyl sites for hydroxylation is 1. The lowest BCUT2D eigenvalue weighted by Gasteiger charge is -2.17. The fourth-order valence-corrected chi connectivity index (χ4v) is 1.36. The van der Waals surface area contributed by atoms with Crippen LogP contribution in [0.3, 0.4) is 0 Å². The van der Waals surface area contributed by atoms with Crippen LogP contribution in [0.5, 0.6) is 0 Å². The smallest absolute Gasteiger partial charge is 0.225 e. The molecule has 0 aliphatic heterocycles. The third-order valence-corrected chi connectivity index (χ3v) is 2.48. The molecule has 1 rings (SSSR count). The van der Waals surface area contributed by atoms with Crippen molar-refractivity contribution in [3.63, 3.8) is 0 Å². The summed E-state index contributed by atoms with van der Waals surface area (Å²) in [6.07, 6.45) is 4.17. The Morgan fingerprint density at radius 3 is 2.73 bits per heavy atom. The lowest BCUT2D eigenvalue weighted by atomic mass is 10.2. The number of nitrogens with zero attached hydrogens (tertiary/aromatic N) is 3. The number of nitrogens with two attached hydrogens (primary N) is 1. The third kappa shape index (κ3) is 3.16. The Hall–Kier alpha value is -1.16. The normalized spacial score (nSPS) is 10.4. The molecule has 0 saturated heterocycles. The van der Waals surface area contributed by atoms with E-state index in [2.05, 4.69) is 21.8 Å². The van der Waals surface area contributed by atoms with Gasteiger partial charge in [-0.25, -0.2) is 9.97 Å². The number of hydrogen-bond donors (Lipinski definition) is 1. The first kappa shape index (κ1) is 11.9. The minimum absolute atomic E-state index is 0.505. The van der Waals surface area contributed by atoms with Crippen LogP contribution in [-0.4, -0.2) is 23.6 Å². The zero-order chi connectivity index (χ0) is 11.3. The second kappa shape index (κ2) is 5.66. The summed E-state index contributed by atoms with van der Waals surface area (Å²) in [7, 11) is 2.02. The van der Waals surface area contributed by atoms with Gasteiger partial charge in [0.2, 0.25) is 5.95 Å². The summed E-state index contributed by atoms with van der Waals surface area (Å²) in [4.78, 5) is 10.8.